The Kier molecular flexibility index (Phi) is 6.84. The summed E-state index contributed by atoms with van der Waals surface area (Å²) in [5.41, 5.74) is 1.54. The summed E-state index contributed by atoms with van der Waals surface area (Å²) < 4.78 is 45.7. The van der Waals surface area contributed by atoms with Gasteiger partial charge < -0.3 is 9.64 Å². The summed E-state index contributed by atoms with van der Waals surface area (Å²) in [6.07, 6.45) is 0. The van der Waals surface area contributed by atoms with Crippen LogP contribution in [0.15, 0.2) is 77.7 Å². The number of hydrogen-bond acceptors (Lipinski definition) is 4. The Bertz CT molecular complexity index is 1200. The van der Waals surface area contributed by atoms with Crippen LogP contribution in [0.25, 0.3) is 0 Å². The van der Waals surface area contributed by atoms with Gasteiger partial charge in [0.1, 0.15) is 11.6 Å². The number of halogens is 1. The van der Waals surface area contributed by atoms with Crippen molar-refractivity contribution in [2.75, 3.05) is 25.5 Å². The third kappa shape index (κ3) is 4.60. The fraction of sp³-hybridized carbons (Fsp3) is 0.208. The second-order valence-electron chi connectivity index (χ2n) is 7.31. The van der Waals surface area contributed by atoms with Crippen molar-refractivity contribution < 1.29 is 22.3 Å². The average Bonchev–Trinajstić information content (AvgIpc) is 2.82. The van der Waals surface area contributed by atoms with Crippen LogP contribution in [-0.4, -0.2) is 40.4 Å². The van der Waals surface area contributed by atoms with E-state index in [-0.39, 0.29) is 22.7 Å². The molecule has 6 nitrogen and oxygen atoms in total. The smallest absolute Gasteiger partial charge is 0.264 e. The number of carbonyl (C=O) groups excluding carboxylic acids is 1. The minimum Gasteiger partial charge on any atom is -0.495 e. The molecule has 0 N–H and O–H groups in total. The number of ether oxygens (including phenoxy) is 1. The Balaban J connectivity index is 1.81. The van der Waals surface area contributed by atoms with E-state index in [0.717, 1.165) is 9.87 Å². The normalized spacial score (nSPS) is 12.2. The van der Waals surface area contributed by atoms with Crippen molar-refractivity contribution in [2.24, 2.45) is 0 Å². The van der Waals surface area contributed by atoms with Crippen molar-refractivity contribution >= 4 is 21.6 Å². The summed E-state index contributed by atoms with van der Waals surface area (Å²) >= 11 is 0. The average molecular weight is 457 g/mol. The number of anilines is 1. The van der Waals surface area contributed by atoms with Gasteiger partial charge in [-0.15, -0.1) is 0 Å². The van der Waals surface area contributed by atoms with Crippen LogP contribution in [0.4, 0.5) is 10.1 Å². The van der Waals surface area contributed by atoms with Crippen LogP contribution in [0.5, 0.6) is 5.75 Å². The van der Waals surface area contributed by atoms with E-state index in [4.69, 9.17) is 4.74 Å². The predicted octanol–water partition coefficient (Wildman–Crippen LogP) is 4.49. The van der Waals surface area contributed by atoms with Crippen molar-refractivity contribution in [1.82, 2.24) is 4.90 Å². The molecule has 0 aliphatic heterocycles. The number of amides is 1. The van der Waals surface area contributed by atoms with Crippen molar-refractivity contribution in [1.29, 1.82) is 0 Å². The summed E-state index contributed by atoms with van der Waals surface area (Å²) in [7, 11) is 0.716. The number of carbonyl (C=O) groups is 1. The molecule has 0 saturated heterocycles. The molecule has 1 atom stereocenters. The molecular formula is C24H25FN2O4S. The molecule has 8 heteroatoms. The monoisotopic (exact) mass is 456 g/mol. The van der Waals surface area contributed by atoms with Gasteiger partial charge in [-0.2, -0.15) is 0 Å². The molecule has 0 spiro atoms. The lowest BCUT2D eigenvalue weighted by Crippen LogP contribution is -2.30. The lowest BCUT2D eigenvalue weighted by atomic mass is 10.1. The molecule has 0 aromatic heterocycles. The van der Waals surface area contributed by atoms with Gasteiger partial charge in [-0.1, -0.05) is 24.3 Å². The topological polar surface area (TPSA) is 66.9 Å². The van der Waals surface area contributed by atoms with Crippen molar-refractivity contribution in [2.45, 2.75) is 17.9 Å². The van der Waals surface area contributed by atoms with Gasteiger partial charge in [0.15, 0.2) is 0 Å². The Morgan fingerprint density at radius 3 is 2.12 bits per heavy atom. The number of hydrogen-bond donors (Lipinski definition) is 0. The Hall–Kier alpha value is -3.39. The number of methoxy groups -OCH3 is 1. The van der Waals surface area contributed by atoms with Gasteiger partial charge in [0, 0.05) is 19.7 Å². The van der Waals surface area contributed by atoms with Crippen LogP contribution in [0.3, 0.4) is 0 Å². The summed E-state index contributed by atoms with van der Waals surface area (Å²) in [5.74, 6) is -0.185. The number of rotatable bonds is 7. The van der Waals surface area contributed by atoms with Crippen LogP contribution < -0.4 is 9.04 Å². The maximum Gasteiger partial charge on any atom is 0.264 e. The first kappa shape index (κ1) is 23.3. The van der Waals surface area contributed by atoms with E-state index >= 15 is 0 Å². The minimum absolute atomic E-state index is 0.0525. The van der Waals surface area contributed by atoms with E-state index in [0.29, 0.717) is 17.0 Å². The van der Waals surface area contributed by atoms with E-state index < -0.39 is 10.0 Å². The molecule has 0 heterocycles. The molecule has 0 fully saturated rings. The molecule has 168 valence electrons. The molecule has 3 aromatic rings. The maximum atomic E-state index is 13.2. The summed E-state index contributed by atoms with van der Waals surface area (Å²) in [6.45, 7) is 1.84. The predicted molar refractivity (Wildman–Crippen MR) is 122 cm³/mol. The molecule has 3 rings (SSSR count). The number of nitrogens with zero attached hydrogens (tertiary/aromatic N) is 2. The summed E-state index contributed by atoms with van der Waals surface area (Å²) in [5, 5.41) is 0. The fourth-order valence-corrected chi connectivity index (χ4v) is 4.50. The van der Waals surface area contributed by atoms with Crippen LogP contribution in [0.1, 0.15) is 28.9 Å². The van der Waals surface area contributed by atoms with Gasteiger partial charge >= 0.3 is 0 Å². The van der Waals surface area contributed by atoms with Crippen LogP contribution in [-0.2, 0) is 10.0 Å². The molecule has 0 radical (unpaired) electrons. The minimum atomic E-state index is -3.86. The maximum absolute atomic E-state index is 13.2. The summed E-state index contributed by atoms with van der Waals surface area (Å²) in [6, 6.07) is 18.3. The third-order valence-electron chi connectivity index (χ3n) is 5.44. The van der Waals surface area contributed by atoms with Crippen molar-refractivity contribution in [3.05, 3.63) is 89.7 Å². The quantitative estimate of drug-likeness (QED) is 0.525. The first-order valence-corrected chi connectivity index (χ1v) is 11.4. The molecular weight excluding hydrogens is 431 g/mol. The zero-order valence-corrected chi connectivity index (χ0v) is 19.1. The van der Waals surface area contributed by atoms with Crippen molar-refractivity contribution in [3.63, 3.8) is 0 Å². The number of sulfonamides is 1. The van der Waals surface area contributed by atoms with E-state index in [2.05, 4.69) is 0 Å². The molecule has 3 aromatic carbocycles. The van der Waals surface area contributed by atoms with Crippen LogP contribution >= 0.6 is 0 Å². The van der Waals surface area contributed by atoms with Crippen LogP contribution in [0.2, 0.25) is 0 Å². The second-order valence-corrected chi connectivity index (χ2v) is 9.28. The van der Waals surface area contributed by atoms with E-state index in [1.807, 2.05) is 6.92 Å². The van der Waals surface area contributed by atoms with E-state index in [1.54, 1.807) is 43.4 Å². The standard InChI is InChI=1S/C24H25FN2O4S/c1-17(18-9-13-20(25)14-10-18)26(2)24(28)19-11-15-21(16-12-19)32(29,30)27(3)22-7-5-6-8-23(22)31-4/h5-17H,1-4H3. The Morgan fingerprint density at radius 1 is 0.938 bits per heavy atom. The van der Waals surface area contributed by atoms with Gasteiger partial charge in [-0.3, -0.25) is 9.10 Å². The zero-order chi connectivity index (χ0) is 23.5. The van der Waals surface area contributed by atoms with Gasteiger partial charge in [0.05, 0.1) is 23.7 Å². The first-order chi connectivity index (χ1) is 15.2. The SMILES string of the molecule is COc1ccccc1N(C)S(=O)(=O)c1ccc(C(=O)N(C)C(C)c2ccc(F)cc2)cc1. The molecule has 0 aliphatic rings. The Labute approximate surface area is 187 Å². The van der Waals surface area contributed by atoms with Gasteiger partial charge in [-0.25, -0.2) is 12.8 Å². The van der Waals surface area contributed by atoms with Crippen molar-refractivity contribution in [3.8, 4) is 5.75 Å². The largest absolute Gasteiger partial charge is 0.495 e. The molecule has 32 heavy (non-hydrogen) atoms. The Morgan fingerprint density at radius 2 is 1.53 bits per heavy atom. The van der Waals surface area contributed by atoms with Gasteiger partial charge in [0.25, 0.3) is 15.9 Å². The van der Waals surface area contributed by atoms with Crippen LogP contribution in [0, 0.1) is 5.82 Å². The lowest BCUT2D eigenvalue weighted by molar-refractivity contribution is 0.0742. The first-order valence-electron chi connectivity index (χ1n) is 9.91. The highest BCUT2D eigenvalue weighted by atomic mass is 32.2. The molecule has 1 unspecified atom stereocenters. The molecule has 0 aliphatic carbocycles. The highest BCUT2D eigenvalue weighted by Gasteiger charge is 2.25. The van der Waals surface area contributed by atoms with Gasteiger partial charge in [-0.05, 0) is 61.0 Å². The highest BCUT2D eigenvalue weighted by Crippen LogP contribution is 2.31. The highest BCUT2D eigenvalue weighted by molar-refractivity contribution is 7.92. The summed E-state index contributed by atoms with van der Waals surface area (Å²) in [4.78, 5) is 14.5. The molecule has 0 saturated carbocycles. The lowest BCUT2D eigenvalue weighted by Gasteiger charge is -2.26. The van der Waals surface area contributed by atoms with E-state index in [1.165, 1.54) is 55.5 Å². The number of benzene rings is 3. The van der Waals surface area contributed by atoms with Gasteiger partial charge in [0.2, 0.25) is 0 Å². The molecule has 1 amide bonds. The third-order valence-corrected chi connectivity index (χ3v) is 7.22. The molecule has 0 bridgehead atoms. The zero-order valence-electron chi connectivity index (χ0n) is 18.3. The number of para-hydroxylation sites is 2. The van der Waals surface area contributed by atoms with E-state index in [9.17, 15) is 17.6 Å². The fourth-order valence-electron chi connectivity index (χ4n) is 3.29. The second kappa shape index (κ2) is 9.40.